The maximum atomic E-state index is 5.65. The lowest BCUT2D eigenvalue weighted by molar-refractivity contribution is 0.250. The predicted octanol–water partition coefficient (Wildman–Crippen LogP) is 3.50. The minimum Gasteiger partial charge on any atom is -0.493 e. The van der Waals surface area contributed by atoms with Gasteiger partial charge in [-0.25, -0.2) is 0 Å². The molecule has 0 saturated heterocycles. The molecule has 1 aromatic heterocycles. The minimum atomic E-state index is 0.345. The van der Waals surface area contributed by atoms with Crippen LogP contribution in [0.25, 0.3) is 0 Å². The molecule has 2 heterocycles. The maximum Gasteiger partial charge on any atom is 0.164 e. The zero-order valence-electron chi connectivity index (χ0n) is 9.86. The molecule has 1 atom stereocenters. The lowest BCUT2D eigenvalue weighted by Gasteiger charge is -2.26. The van der Waals surface area contributed by atoms with Crippen molar-refractivity contribution in [3.8, 4) is 5.75 Å². The summed E-state index contributed by atoms with van der Waals surface area (Å²) in [7, 11) is 0. The zero-order valence-corrected chi connectivity index (χ0v) is 12.0. The second kappa shape index (κ2) is 5.32. The van der Waals surface area contributed by atoms with E-state index in [4.69, 9.17) is 9.15 Å². The molecule has 0 aliphatic carbocycles. The summed E-state index contributed by atoms with van der Waals surface area (Å²) in [4.78, 5) is 0. The molecule has 18 heavy (non-hydrogen) atoms. The van der Waals surface area contributed by atoms with Crippen LogP contribution in [0.3, 0.4) is 0 Å². The van der Waals surface area contributed by atoms with E-state index in [9.17, 15) is 0 Å². The van der Waals surface area contributed by atoms with E-state index in [0.717, 1.165) is 34.8 Å². The van der Waals surface area contributed by atoms with Crippen molar-refractivity contribution in [1.82, 2.24) is 5.32 Å². The third kappa shape index (κ3) is 2.54. The molecule has 4 heteroatoms. The van der Waals surface area contributed by atoms with E-state index in [1.54, 1.807) is 0 Å². The van der Waals surface area contributed by atoms with Crippen molar-refractivity contribution in [1.29, 1.82) is 0 Å². The monoisotopic (exact) mass is 355 g/mol. The van der Waals surface area contributed by atoms with Gasteiger partial charge in [0.2, 0.25) is 0 Å². The zero-order chi connectivity index (χ0) is 12.4. The van der Waals surface area contributed by atoms with Gasteiger partial charge < -0.3 is 14.5 Å². The quantitative estimate of drug-likeness (QED) is 0.856. The van der Waals surface area contributed by atoms with Crippen LogP contribution in [0.4, 0.5) is 0 Å². The number of halogens is 1. The number of hydrogen-bond acceptors (Lipinski definition) is 3. The van der Waals surface area contributed by atoms with Gasteiger partial charge in [-0.3, -0.25) is 0 Å². The molecule has 1 aliphatic rings. The third-order valence-corrected chi connectivity index (χ3v) is 3.69. The third-order valence-electron chi connectivity index (χ3n) is 3.11. The Kier molecular flexibility index (Phi) is 3.56. The van der Waals surface area contributed by atoms with Crippen LogP contribution in [0.5, 0.6) is 5.75 Å². The largest absolute Gasteiger partial charge is 0.493 e. The first-order valence-electron chi connectivity index (χ1n) is 6.02. The normalized spacial score (nSPS) is 18.2. The molecular formula is C14H14INO2. The van der Waals surface area contributed by atoms with Gasteiger partial charge in [0.15, 0.2) is 3.77 Å². The Bertz CT molecular complexity index is 538. The Labute approximate surface area is 120 Å². The summed E-state index contributed by atoms with van der Waals surface area (Å²) in [6.45, 7) is 1.52. The van der Waals surface area contributed by atoms with Crippen LogP contribution in [-0.2, 0) is 6.54 Å². The van der Waals surface area contributed by atoms with Crippen LogP contribution >= 0.6 is 22.6 Å². The predicted molar refractivity (Wildman–Crippen MR) is 77.6 cm³/mol. The average Bonchev–Trinajstić information content (AvgIpc) is 2.82. The van der Waals surface area contributed by atoms with Crippen LogP contribution in [0, 0.1) is 3.77 Å². The maximum absolute atomic E-state index is 5.65. The Hall–Kier alpha value is -1.01. The highest BCUT2D eigenvalue weighted by atomic mass is 127. The number of para-hydroxylation sites is 1. The summed E-state index contributed by atoms with van der Waals surface area (Å²) in [6, 6.07) is 12.6. The first-order valence-corrected chi connectivity index (χ1v) is 7.10. The molecule has 3 nitrogen and oxygen atoms in total. The fraction of sp³-hybridized carbons (Fsp3) is 0.286. The fourth-order valence-electron chi connectivity index (χ4n) is 2.22. The lowest BCUT2D eigenvalue weighted by Crippen LogP contribution is -2.26. The van der Waals surface area contributed by atoms with Crippen LogP contribution in [0.15, 0.2) is 40.8 Å². The summed E-state index contributed by atoms with van der Waals surface area (Å²) >= 11 is 2.18. The number of fused-ring (bicyclic) bond motifs is 1. The van der Waals surface area contributed by atoms with Crippen molar-refractivity contribution >= 4 is 22.6 Å². The Morgan fingerprint density at radius 3 is 2.94 bits per heavy atom. The highest BCUT2D eigenvalue weighted by molar-refractivity contribution is 14.1. The van der Waals surface area contributed by atoms with E-state index in [2.05, 4.69) is 40.0 Å². The van der Waals surface area contributed by atoms with E-state index >= 15 is 0 Å². The van der Waals surface area contributed by atoms with E-state index in [-0.39, 0.29) is 0 Å². The van der Waals surface area contributed by atoms with Crippen molar-refractivity contribution in [2.75, 3.05) is 6.61 Å². The number of benzene rings is 1. The van der Waals surface area contributed by atoms with Crippen LogP contribution in [0.1, 0.15) is 23.8 Å². The molecule has 0 amide bonds. The summed E-state index contributed by atoms with van der Waals surface area (Å²) in [5.74, 6) is 1.97. The summed E-state index contributed by atoms with van der Waals surface area (Å²) in [5.41, 5.74) is 1.24. The van der Waals surface area contributed by atoms with Crippen LogP contribution < -0.4 is 10.1 Å². The van der Waals surface area contributed by atoms with Gasteiger partial charge in [0.25, 0.3) is 0 Å². The second-order valence-corrected chi connectivity index (χ2v) is 5.38. The van der Waals surface area contributed by atoms with Gasteiger partial charge in [-0.15, -0.1) is 0 Å². The van der Waals surface area contributed by atoms with Gasteiger partial charge in [0.1, 0.15) is 11.5 Å². The lowest BCUT2D eigenvalue weighted by atomic mass is 10.0. The van der Waals surface area contributed by atoms with E-state index in [0.29, 0.717) is 6.04 Å². The Morgan fingerprint density at radius 1 is 1.22 bits per heavy atom. The highest BCUT2D eigenvalue weighted by Crippen LogP contribution is 2.31. The molecule has 0 spiro atoms. The number of hydrogen-bond donors (Lipinski definition) is 1. The smallest absolute Gasteiger partial charge is 0.164 e. The highest BCUT2D eigenvalue weighted by Gasteiger charge is 2.20. The number of furan rings is 1. The molecule has 0 fully saturated rings. The molecule has 0 saturated carbocycles. The van der Waals surface area contributed by atoms with E-state index < -0.39 is 0 Å². The standard InChI is InChI=1S/C14H14INO2/c15-14-6-5-10(18-14)9-16-12-7-8-17-13-4-2-1-3-11(12)13/h1-6,12,16H,7-9H2. The van der Waals surface area contributed by atoms with Crippen molar-refractivity contribution in [2.24, 2.45) is 0 Å². The van der Waals surface area contributed by atoms with Gasteiger partial charge in [-0.2, -0.15) is 0 Å². The SMILES string of the molecule is Ic1ccc(CNC2CCOc3ccccc32)o1. The van der Waals surface area contributed by atoms with Crippen molar-refractivity contribution in [2.45, 2.75) is 19.0 Å². The molecule has 1 N–H and O–H groups in total. The molecule has 1 aromatic carbocycles. The summed E-state index contributed by atoms with van der Waals surface area (Å²) < 4.78 is 12.1. The molecule has 1 aliphatic heterocycles. The van der Waals surface area contributed by atoms with Gasteiger partial charge >= 0.3 is 0 Å². The first-order chi connectivity index (χ1) is 8.83. The van der Waals surface area contributed by atoms with Crippen LogP contribution in [0.2, 0.25) is 0 Å². The number of ether oxygens (including phenoxy) is 1. The van der Waals surface area contributed by atoms with E-state index in [1.807, 2.05) is 24.3 Å². The van der Waals surface area contributed by atoms with Crippen LogP contribution in [-0.4, -0.2) is 6.61 Å². The molecule has 0 bridgehead atoms. The van der Waals surface area contributed by atoms with Crippen molar-refractivity contribution in [3.63, 3.8) is 0 Å². The Balaban J connectivity index is 1.71. The minimum absolute atomic E-state index is 0.345. The molecule has 3 rings (SSSR count). The molecule has 1 unspecified atom stereocenters. The summed E-state index contributed by atoms with van der Waals surface area (Å²) in [6.07, 6.45) is 0.995. The van der Waals surface area contributed by atoms with Gasteiger partial charge in [0, 0.05) is 18.0 Å². The van der Waals surface area contributed by atoms with Crippen molar-refractivity contribution in [3.05, 3.63) is 51.5 Å². The van der Waals surface area contributed by atoms with Gasteiger partial charge in [-0.05, 0) is 40.8 Å². The molecule has 0 radical (unpaired) electrons. The number of nitrogens with one attached hydrogen (secondary N) is 1. The van der Waals surface area contributed by atoms with Gasteiger partial charge in [-0.1, -0.05) is 18.2 Å². The van der Waals surface area contributed by atoms with Crippen molar-refractivity contribution < 1.29 is 9.15 Å². The second-order valence-electron chi connectivity index (χ2n) is 4.31. The van der Waals surface area contributed by atoms with Gasteiger partial charge in [0.05, 0.1) is 13.2 Å². The summed E-state index contributed by atoms with van der Waals surface area (Å²) in [5, 5.41) is 3.53. The first kappa shape index (κ1) is 12.0. The topological polar surface area (TPSA) is 34.4 Å². The fourth-order valence-corrected chi connectivity index (χ4v) is 2.69. The number of rotatable bonds is 3. The Morgan fingerprint density at radius 2 is 2.11 bits per heavy atom. The molecule has 94 valence electrons. The van der Waals surface area contributed by atoms with E-state index in [1.165, 1.54) is 5.56 Å². The molecule has 2 aromatic rings. The average molecular weight is 355 g/mol. The molecular weight excluding hydrogens is 341 g/mol.